The van der Waals surface area contributed by atoms with Crippen LogP contribution < -0.4 is 5.32 Å². The van der Waals surface area contributed by atoms with E-state index in [2.05, 4.69) is 25.3 Å². The van der Waals surface area contributed by atoms with Crippen LogP contribution in [-0.2, 0) is 14.3 Å². The molecular formula is C24H20ClN7O3. The van der Waals surface area contributed by atoms with Crippen molar-refractivity contribution in [3.05, 3.63) is 70.5 Å². The number of benzene rings is 1. The normalized spacial score (nSPS) is 12.3. The van der Waals surface area contributed by atoms with Crippen LogP contribution in [-0.4, -0.2) is 42.5 Å². The fraction of sp³-hybridized carbons (Fsp3) is 0.167. The summed E-state index contributed by atoms with van der Waals surface area (Å²) in [4.78, 5) is 40.1. The number of aromatic amines is 1. The summed E-state index contributed by atoms with van der Waals surface area (Å²) in [5.41, 5.74) is 3.80. The van der Waals surface area contributed by atoms with Crippen LogP contribution in [0.4, 0.5) is 5.82 Å². The number of anilines is 1. The third kappa shape index (κ3) is 4.90. The first kappa shape index (κ1) is 23.7. The number of halogens is 1. The van der Waals surface area contributed by atoms with Gasteiger partial charge in [-0.05, 0) is 56.7 Å². The number of nitrogens with one attached hydrogen (secondary N) is 2. The number of aryl methyl sites for hydroxylation is 1. The van der Waals surface area contributed by atoms with Gasteiger partial charge in [-0.3, -0.25) is 4.79 Å². The van der Waals surface area contributed by atoms with Crippen LogP contribution in [0.5, 0.6) is 0 Å². The number of nitrogens with zero attached hydrogens (tertiary/aromatic N) is 5. The second kappa shape index (κ2) is 9.79. The fourth-order valence-corrected chi connectivity index (χ4v) is 3.78. The summed E-state index contributed by atoms with van der Waals surface area (Å²) in [6.45, 7) is 5.18. The van der Waals surface area contributed by atoms with Crippen LogP contribution in [0, 0.1) is 25.2 Å². The SMILES string of the molecule is Cc1cc(/C=C(/C#N)C(=O)OC(C)C(=O)Nc2ncnc3nc[nH]c23)c(C)n1-c1cccc(Cl)c1. The molecule has 176 valence electrons. The minimum atomic E-state index is -1.19. The fourth-order valence-electron chi connectivity index (χ4n) is 3.59. The number of ether oxygens (including phenoxy) is 1. The van der Waals surface area contributed by atoms with Crippen LogP contribution in [0.3, 0.4) is 0 Å². The van der Waals surface area contributed by atoms with Gasteiger partial charge in [0.1, 0.15) is 23.5 Å². The number of hydrogen-bond donors (Lipinski definition) is 2. The highest BCUT2D eigenvalue weighted by Crippen LogP contribution is 2.25. The van der Waals surface area contributed by atoms with Gasteiger partial charge in [-0.1, -0.05) is 17.7 Å². The maximum Gasteiger partial charge on any atom is 0.349 e. The summed E-state index contributed by atoms with van der Waals surface area (Å²) in [5.74, 6) is -1.34. The Hall–Kier alpha value is -4.49. The number of nitriles is 1. The number of aromatic nitrogens is 5. The summed E-state index contributed by atoms with van der Waals surface area (Å²) in [6.07, 6.45) is 2.93. The molecule has 35 heavy (non-hydrogen) atoms. The molecule has 0 bridgehead atoms. The number of hydrogen-bond acceptors (Lipinski definition) is 7. The molecule has 0 aliphatic carbocycles. The Morgan fingerprint density at radius 2 is 2.06 bits per heavy atom. The van der Waals surface area contributed by atoms with Gasteiger partial charge in [-0.15, -0.1) is 0 Å². The Morgan fingerprint density at radius 1 is 1.26 bits per heavy atom. The molecule has 10 nitrogen and oxygen atoms in total. The first-order valence-electron chi connectivity index (χ1n) is 10.5. The minimum absolute atomic E-state index is 0.199. The predicted molar refractivity (Wildman–Crippen MR) is 130 cm³/mol. The zero-order chi connectivity index (χ0) is 25.1. The van der Waals surface area contributed by atoms with Gasteiger partial charge >= 0.3 is 5.97 Å². The van der Waals surface area contributed by atoms with E-state index in [1.54, 1.807) is 6.07 Å². The van der Waals surface area contributed by atoms with Gasteiger partial charge in [-0.2, -0.15) is 5.26 Å². The van der Waals surface area contributed by atoms with Crippen molar-refractivity contribution in [3.63, 3.8) is 0 Å². The molecule has 0 spiro atoms. The maximum absolute atomic E-state index is 12.7. The predicted octanol–water partition coefficient (Wildman–Crippen LogP) is 3.89. The molecule has 0 aliphatic heterocycles. The number of rotatable bonds is 6. The van der Waals surface area contributed by atoms with Crippen LogP contribution >= 0.6 is 11.6 Å². The highest BCUT2D eigenvalue weighted by molar-refractivity contribution is 6.30. The van der Waals surface area contributed by atoms with E-state index in [0.717, 1.165) is 17.1 Å². The summed E-state index contributed by atoms with van der Waals surface area (Å²) < 4.78 is 7.21. The number of amides is 1. The minimum Gasteiger partial charge on any atom is -0.448 e. The third-order valence-electron chi connectivity index (χ3n) is 5.29. The van der Waals surface area contributed by atoms with Crippen molar-refractivity contribution in [2.75, 3.05) is 5.32 Å². The quantitative estimate of drug-likeness (QED) is 0.238. The van der Waals surface area contributed by atoms with Crippen molar-refractivity contribution in [2.45, 2.75) is 26.9 Å². The molecule has 4 rings (SSSR count). The first-order chi connectivity index (χ1) is 16.8. The average Bonchev–Trinajstić information content (AvgIpc) is 3.41. The van der Waals surface area contributed by atoms with Crippen LogP contribution in [0.2, 0.25) is 5.02 Å². The lowest BCUT2D eigenvalue weighted by Gasteiger charge is -2.13. The average molecular weight is 490 g/mol. The van der Waals surface area contributed by atoms with Gasteiger partial charge in [-0.25, -0.2) is 19.7 Å². The first-order valence-corrected chi connectivity index (χ1v) is 10.9. The monoisotopic (exact) mass is 489 g/mol. The van der Waals surface area contributed by atoms with Crippen molar-refractivity contribution >= 4 is 46.5 Å². The molecule has 1 amide bonds. The number of fused-ring (bicyclic) bond motifs is 1. The number of carbonyl (C=O) groups excluding carboxylic acids is 2. The van der Waals surface area contributed by atoms with Crippen LogP contribution in [0.1, 0.15) is 23.9 Å². The summed E-state index contributed by atoms with van der Waals surface area (Å²) >= 11 is 6.13. The summed E-state index contributed by atoms with van der Waals surface area (Å²) in [7, 11) is 0. The molecule has 3 heterocycles. The highest BCUT2D eigenvalue weighted by atomic mass is 35.5. The molecule has 0 fully saturated rings. The molecule has 2 N–H and O–H groups in total. The number of imidazole rings is 1. The van der Waals surface area contributed by atoms with E-state index in [1.807, 2.05) is 48.7 Å². The van der Waals surface area contributed by atoms with E-state index in [4.69, 9.17) is 16.3 Å². The summed E-state index contributed by atoms with van der Waals surface area (Å²) in [6, 6.07) is 11.1. The summed E-state index contributed by atoms with van der Waals surface area (Å²) in [5, 5.41) is 12.8. The van der Waals surface area contributed by atoms with Crippen molar-refractivity contribution in [1.29, 1.82) is 5.26 Å². The van der Waals surface area contributed by atoms with Crippen LogP contribution in [0.25, 0.3) is 22.9 Å². The van der Waals surface area contributed by atoms with Gasteiger partial charge in [0.15, 0.2) is 17.6 Å². The Balaban J connectivity index is 1.51. The van der Waals surface area contributed by atoms with E-state index in [9.17, 15) is 14.9 Å². The van der Waals surface area contributed by atoms with E-state index in [0.29, 0.717) is 21.7 Å². The molecule has 1 unspecified atom stereocenters. The topological polar surface area (TPSA) is 139 Å². The Kier molecular flexibility index (Phi) is 6.62. The molecule has 0 radical (unpaired) electrons. The van der Waals surface area contributed by atoms with Crippen molar-refractivity contribution in [1.82, 2.24) is 24.5 Å². The number of carbonyl (C=O) groups is 2. The zero-order valence-electron chi connectivity index (χ0n) is 19.0. The van der Waals surface area contributed by atoms with Gasteiger partial charge in [0.2, 0.25) is 0 Å². The molecule has 0 aliphatic rings. The Morgan fingerprint density at radius 3 is 2.80 bits per heavy atom. The van der Waals surface area contributed by atoms with Crippen LogP contribution in [0.15, 0.2) is 48.6 Å². The number of esters is 1. The maximum atomic E-state index is 12.7. The molecule has 1 aromatic carbocycles. The lowest BCUT2D eigenvalue weighted by Crippen LogP contribution is -2.30. The van der Waals surface area contributed by atoms with Gasteiger partial charge < -0.3 is 19.6 Å². The second-order valence-electron chi connectivity index (χ2n) is 7.67. The van der Waals surface area contributed by atoms with Gasteiger partial charge in [0, 0.05) is 22.1 Å². The second-order valence-corrected chi connectivity index (χ2v) is 8.11. The van der Waals surface area contributed by atoms with Crippen molar-refractivity contribution in [3.8, 4) is 11.8 Å². The van der Waals surface area contributed by atoms with Gasteiger partial charge in [0.25, 0.3) is 5.91 Å². The molecule has 4 aromatic rings. The number of H-pyrrole nitrogens is 1. The van der Waals surface area contributed by atoms with Crippen molar-refractivity contribution in [2.24, 2.45) is 0 Å². The van der Waals surface area contributed by atoms with Gasteiger partial charge in [0.05, 0.1) is 6.33 Å². The molecule has 3 aromatic heterocycles. The zero-order valence-corrected chi connectivity index (χ0v) is 19.8. The lowest BCUT2D eigenvalue weighted by atomic mass is 10.1. The Bertz CT molecular complexity index is 1510. The highest BCUT2D eigenvalue weighted by Gasteiger charge is 2.23. The van der Waals surface area contributed by atoms with E-state index in [1.165, 1.54) is 25.7 Å². The smallest absolute Gasteiger partial charge is 0.349 e. The molecule has 1 atom stereocenters. The molecule has 11 heteroatoms. The molecule has 0 saturated heterocycles. The third-order valence-corrected chi connectivity index (χ3v) is 5.53. The van der Waals surface area contributed by atoms with E-state index < -0.39 is 18.0 Å². The standard InChI is InChI=1S/C24H20ClN7O3/c1-13-7-16(14(2)32(13)19-6-4-5-18(25)9-19)8-17(10-26)24(34)35-15(3)23(33)31-22-20-21(28-11-27-20)29-12-30-22/h4-9,11-12,15H,1-3H3,(H2,27,28,29,30,31,33)/b17-8-. The van der Waals surface area contributed by atoms with E-state index >= 15 is 0 Å². The molecular weight excluding hydrogens is 470 g/mol. The Labute approximate surface area is 205 Å². The van der Waals surface area contributed by atoms with Crippen molar-refractivity contribution < 1.29 is 14.3 Å². The lowest BCUT2D eigenvalue weighted by molar-refractivity contribution is -0.148. The largest absolute Gasteiger partial charge is 0.448 e. The van der Waals surface area contributed by atoms with E-state index in [-0.39, 0.29) is 11.4 Å². The molecule has 0 saturated carbocycles.